The average molecular weight is 235 g/mol. The molecule has 1 aromatic rings. The van der Waals surface area contributed by atoms with Gasteiger partial charge in [-0.15, -0.1) is 0 Å². The van der Waals surface area contributed by atoms with Gasteiger partial charge in [0.15, 0.2) is 0 Å². The first-order chi connectivity index (χ1) is 7.93. The second-order valence-corrected chi connectivity index (χ2v) is 4.81. The SMILES string of the molecule is CCCc1ccc(CNC(=O)C(C)(C)O)cc1. The number of hydrogen-bond acceptors (Lipinski definition) is 2. The van der Waals surface area contributed by atoms with Crippen LogP contribution in [0.15, 0.2) is 24.3 Å². The molecule has 0 aliphatic heterocycles. The van der Waals surface area contributed by atoms with Gasteiger partial charge in [-0.3, -0.25) is 4.79 Å². The van der Waals surface area contributed by atoms with E-state index < -0.39 is 5.60 Å². The van der Waals surface area contributed by atoms with Crippen LogP contribution < -0.4 is 5.32 Å². The first-order valence-electron chi connectivity index (χ1n) is 6.02. The van der Waals surface area contributed by atoms with Gasteiger partial charge in [0.2, 0.25) is 0 Å². The Kier molecular flexibility index (Phi) is 4.70. The summed E-state index contributed by atoms with van der Waals surface area (Å²) < 4.78 is 0. The zero-order chi connectivity index (χ0) is 12.9. The molecule has 3 heteroatoms. The van der Waals surface area contributed by atoms with E-state index in [0.29, 0.717) is 6.54 Å². The molecule has 17 heavy (non-hydrogen) atoms. The van der Waals surface area contributed by atoms with Gasteiger partial charge in [0.25, 0.3) is 5.91 Å². The van der Waals surface area contributed by atoms with E-state index in [4.69, 9.17) is 0 Å². The number of aryl methyl sites for hydroxylation is 1. The van der Waals surface area contributed by atoms with Gasteiger partial charge in [-0.05, 0) is 31.4 Å². The molecule has 0 aromatic heterocycles. The molecule has 1 amide bonds. The summed E-state index contributed by atoms with van der Waals surface area (Å²) in [5, 5.41) is 12.2. The van der Waals surface area contributed by atoms with Gasteiger partial charge in [-0.2, -0.15) is 0 Å². The standard InChI is InChI=1S/C14H21NO2/c1-4-5-11-6-8-12(9-7-11)10-15-13(16)14(2,3)17/h6-9,17H,4-5,10H2,1-3H3,(H,15,16). The molecule has 3 nitrogen and oxygen atoms in total. The van der Waals surface area contributed by atoms with Gasteiger partial charge in [0.1, 0.15) is 5.60 Å². The maximum absolute atomic E-state index is 11.4. The van der Waals surface area contributed by atoms with Crippen molar-refractivity contribution in [3.05, 3.63) is 35.4 Å². The van der Waals surface area contributed by atoms with Crippen molar-refractivity contribution in [3.8, 4) is 0 Å². The molecule has 0 fully saturated rings. The van der Waals surface area contributed by atoms with Crippen molar-refractivity contribution in [2.75, 3.05) is 0 Å². The molecule has 1 aromatic carbocycles. The molecule has 0 saturated carbocycles. The Hall–Kier alpha value is -1.35. The highest BCUT2D eigenvalue weighted by Crippen LogP contribution is 2.07. The minimum Gasteiger partial charge on any atom is -0.381 e. The molecule has 0 saturated heterocycles. The van der Waals surface area contributed by atoms with E-state index in [9.17, 15) is 9.90 Å². The van der Waals surface area contributed by atoms with E-state index in [2.05, 4.69) is 24.4 Å². The van der Waals surface area contributed by atoms with Crippen LogP contribution in [0.25, 0.3) is 0 Å². The third-order valence-electron chi connectivity index (χ3n) is 2.57. The number of carbonyl (C=O) groups excluding carboxylic acids is 1. The fourth-order valence-electron chi connectivity index (χ4n) is 1.51. The van der Waals surface area contributed by atoms with Crippen molar-refractivity contribution >= 4 is 5.91 Å². The lowest BCUT2D eigenvalue weighted by Crippen LogP contribution is -2.41. The van der Waals surface area contributed by atoms with Crippen LogP contribution in [0.5, 0.6) is 0 Å². The fourth-order valence-corrected chi connectivity index (χ4v) is 1.51. The summed E-state index contributed by atoms with van der Waals surface area (Å²) >= 11 is 0. The number of aliphatic hydroxyl groups is 1. The van der Waals surface area contributed by atoms with Crippen LogP contribution in [0.4, 0.5) is 0 Å². The molecule has 0 aliphatic carbocycles. The van der Waals surface area contributed by atoms with E-state index in [0.717, 1.165) is 18.4 Å². The summed E-state index contributed by atoms with van der Waals surface area (Å²) in [5.41, 5.74) is 1.04. The number of benzene rings is 1. The summed E-state index contributed by atoms with van der Waals surface area (Å²) in [4.78, 5) is 11.4. The van der Waals surface area contributed by atoms with Gasteiger partial charge in [0.05, 0.1) is 0 Å². The Bertz CT molecular complexity index is 363. The topological polar surface area (TPSA) is 49.3 Å². The highest BCUT2D eigenvalue weighted by atomic mass is 16.3. The van der Waals surface area contributed by atoms with Crippen LogP contribution >= 0.6 is 0 Å². The van der Waals surface area contributed by atoms with Crippen molar-refractivity contribution in [3.63, 3.8) is 0 Å². The summed E-state index contributed by atoms with van der Waals surface area (Å²) in [6.07, 6.45) is 2.21. The highest BCUT2D eigenvalue weighted by Gasteiger charge is 2.22. The van der Waals surface area contributed by atoms with Crippen molar-refractivity contribution in [1.82, 2.24) is 5.32 Å². The molecular formula is C14H21NO2. The molecule has 0 bridgehead atoms. The van der Waals surface area contributed by atoms with Crippen LogP contribution in [0, 0.1) is 0 Å². The minimum absolute atomic E-state index is 0.352. The van der Waals surface area contributed by atoms with E-state index >= 15 is 0 Å². The first kappa shape index (κ1) is 13.7. The van der Waals surface area contributed by atoms with Gasteiger partial charge in [-0.25, -0.2) is 0 Å². The molecule has 94 valence electrons. The lowest BCUT2D eigenvalue weighted by molar-refractivity contribution is -0.136. The van der Waals surface area contributed by atoms with Crippen LogP contribution in [0.3, 0.4) is 0 Å². The fraction of sp³-hybridized carbons (Fsp3) is 0.500. The van der Waals surface area contributed by atoms with Crippen molar-refractivity contribution in [2.45, 2.75) is 45.8 Å². The monoisotopic (exact) mass is 235 g/mol. The minimum atomic E-state index is -1.32. The zero-order valence-corrected chi connectivity index (χ0v) is 10.8. The Morgan fingerprint density at radius 1 is 1.24 bits per heavy atom. The van der Waals surface area contributed by atoms with Gasteiger partial charge in [0, 0.05) is 6.54 Å². The summed E-state index contributed by atoms with van der Waals surface area (Å²) in [7, 11) is 0. The molecule has 0 radical (unpaired) electrons. The van der Waals surface area contributed by atoms with Crippen molar-refractivity contribution in [1.29, 1.82) is 0 Å². The van der Waals surface area contributed by atoms with Crippen LogP contribution in [-0.4, -0.2) is 16.6 Å². The maximum atomic E-state index is 11.4. The third-order valence-corrected chi connectivity index (χ3v) is 2.57. The zero-order valence-electron chi connectivity index (χ0n) is 10.8. The maximum Gasteiger partial charge on any atom is 0.251 e. The Balaban J connectivity index is 2.50. The van der Waals surface area contributed by atoms with Crippen molar-refractivity contribution < 1.29 is 9.90 Å². The predicted molar refractivity (Wildman–Crippen MR) is 68.6 cm³/mol. The van der Waals surface area contributed by atoms with Crippen molar-refractivity contribution in [2.24, 2.45) is 0 Å². The lowest BCUT2D eigenvalue weighted by Gasteiger charge is -2.16. The molecule has 0 spiro atoms. The molecule has 2 N–H and O–H groups in total. The quantitative estimate of drug-likeness (QED) is 0.820. The van der Waals surface area contributed by atoms with E-state index in [1.807, 2.05) is 12.1 Å². The molecule has 1 rings (SSSR count). The van der Waals surface area contributed by atoms with Crippen LogP contribution in [0.2, 0.25) is 0 Å². The second kappa shape index (κ2) is 5.82. The largest absolute Gasteiger partial charge is 0.381 e. The van der Waals surface area contributed by atoms with Crippen LogP contribution in [-0.2, 0) is 17.8 Å². The van der Waals surface area contributed by atoms with E-state index in [1.54, 1.807) is 0 Å². The number of rotatable bonds is 5. The van der Waals surface area contributed by atoms with E-state index in [-0.39, 0.29) is 5.91 Å². The number of nitrogens with one attached hydrogen (secondary N) is 1. The van der Waals surface area contributed by atoms with Crippen LogP contribution in [0.1, 0.15) is 38.3 Å². The summed E-state index contributed by atoms with van der Waals surface area (Å²) in [5.74, 6) is -0.352. The number of amides is 1. The molecule has 0 atom stereocenters. The molecular weight excluding hydrogens is 214 g/mol. The second-order valence-electron chi connectivity index (χ2n) is 4.81. The van der Waals surface area contributed by atoms with Gasteiger partial charge >= 0.3 is 0 Å². The Morgan fingerprint density at radius 3 is 2.24 bits per heavy atom. The molecule has 0 aliphatic rings. The van der Waals surface area contributed by atoms with Gasteiger partial charge in [-0.1, -0.05) is 37.6 Å². The third kappa shape index (κ3) is 4.57. The van der Waals surface area contributed by atoms with Gasteiger partial charge < -0.3 is 10.4 Å². The molecule has 0 unspecified atom stereocenters. The lowest BCUT2D eigenvalue weighted by atomic mass is 10.1. The molecule has 0 heterocycles. The summed E-state index contributed by atoms with van der Waals surface area (Å²) in [6.45, 7) is 5.56. The highest BCUT2D eigenvalue weighted by molar-refractivity contribution is 5.83. The number of carbonyl (C=O) groups is 1. The Morgan fingerprint density at radius 2 is 1.76 bits per heavy atom. The predicted octanol–water partition coefficient (Wildman–Crippen LogP) is 2.03. The average Bonchev–Trinajstić information content (AvgIpc) is 2.27. The number of hydrogen-bond donors (Lipinski definition) is 2. The first-order valence-corrected chi connectivity index (χ1v) is 6.02. The summed E-state index contributed by atoms with van der Waals surface area (Å²) in [6, 6.07) is 8.18. The Labute approximate surface area is 103 Å². The smallest absolute Gasteiger partial charge is 0.251 e. The van der Waals surface area contributed by atoms with E-state index in [1.165, 1.54) is 19.4 Å². The normalized spacial score (nSPS) is 11.3.